The first-order valence-electron chi connectivity index (χ1n) is 3.77. The average Bonchev–Trinajstić information content (AvgIpc) is 2.26. The van der Waals surface area contributed by atoms with Crippen molar-refractivity contribution >= 4 is 18.3 Å². The quantitative estimate of drug-likeness (QED) is 0.416. The van der Waals surface area contributed by atoms with Crippen molar-refractivity contribution in [2.75, 3.05) is 0 Å². The Morgan fingerprint density at radius 3 is 2.27 bits per heavy atom. The van der Waals surface area contributed by atoms with Gasteiger partial charge in [0.2, 0.25) is 0 Å². The lowest BCUT2D eigenvalue weighted by atomic mass is 10.0. The monoisotopic (exact) mass is 204 g/mol. The summed E-state index contributed by atoms with van der Waals surface area (Å²) in [6.07, 6.45) is 0.640. The van der Waals surface area contributed by atoms with E-state index < -0.39 is 10.6 Å². The van der Waals surface area contributed by atoms with Gasteiger partial charge >= 0.3 is 0 Å². The molecule has 0 unspecified atom stereocenters. The van der Waals surface area contributed by atoms with Crippen molar-refractivity contribution in [2.45, 2.75) is 0 Å². The molecule has 0 N–H and O–H groups in total. The Morgan fingerprint density at radius 2 is 1.87 bits per heavy atom. The minimum atomic E-state index is -0.779. The van der Waals surface area contributed by atoms with Gasteiger partial charge in [0.05, 0.1) is 16.1 Å². The lowest BCUT2D eigenvalue weighted by Gasteiger charge is -1.98. The van der Waals surface area contributed by atoms with Crippen molar-refractivity contribution in [3.8, 4) is 6.07 Å². The molecule has 0 saturated heterocycles. The summed E-state index contributed by atoms with van der Waals surface area (Å²) in [5.41, 5.74) is -0.860. The number of hydrogen-bond donors (Lipinski definition) is 0. The van der Waals surface area contributed by atoms with Gasteiger partial charge in [-0.25, -0.2) is 0 Å². The van der Waals surface area contributed by atoms with Crippen LogP contribution in [0, 0.1) is 21.4 Å². The minimum Gasteiger partial charge on any atom is -0.298 e. The minimum absolute atomic E-state index is 0.0369. The van der Waals surface area contributed by atoms with Gasteiger partial charge in [-0.05, 0) is 6.07 Å². The number of nitro benzene ring substituents is 1. The van der Waals surface area contributed by atoms with E-state index in [2.05, 4.69) is 0 Å². The molecule has 1 aromatic carbocycles. The molecule has 6 nitrogen and oxygen atoms in total. The molecule has 6 heteroatoms. The lowest BCUT2D eigenvalue weighted by molar-refractivity contribution is -0.385. The molecular weight excluding hydrogens is 200 g/mol. The molecule has 0 spiro atoms. The summed E-state index contributed by atoms with van der Waals surface area (Å²) in [5.74, 6) is 0. The van der Waals surface area contributed by atoms with Gasteiger partial charge in [-0.2, -0.15) is 5.26 Å². The van der Waals surface area contributed by atoms with Crippen LogP contribution in [0.4, 0.5) is 5.69 Å². The first kappa shape index (κ1) is 10.5. The Hall–Kier alpha value is -2.55. The fourth-order valence-electron chi connectivity index (χ4n) is 1.07. The predicted molar refractivity (Wildman–Crippen MR) is 48.6 cm³/mol. The van der Waals surface area contributed by atoms with E-state index in [0.29, 0.717) is 6.29 Å². The number of nitro groups is 1. The van der Waals surface area contributed by atoms with E-state index in [-0.39, 0.29) is 23.0 Å². The van der Waals surface area contributed by atoms with E-state index >= 15 is 0 Å². The first-order valence-corrected chi connectivity index (χ1v) is 3.77. The molecule has 0 bridgehead atoms. The molecule has 0 atom stereocenters. The first-order chi connectivity index (χ1) is 7.13. The van der Waals surface area contributed by atoms with Gasteiger partial charge in [0.1, 0.15) is 6.07 Å². The van der Waals surface area contributed by atoms with Gasteiger partial charge < -0.3 is 0 Å². The molecule has 0 heterocycles. The van der Waals surface area contributed by atoms with Crippen molar-refractivity contribution in [3.05, 3.63) is 38.9 Å². The predicted octanol–water partition coefficient (Wildman–Crippen LogP) is 1.09. The van der Waals surface area contributed by atoms with E-state index in [4.69, 9.17) is 5.26 Å². The van der Waals surface area contributed by atoms with Gasteiger partial charge in [-0.1, -0.05) is 0 Å². The third kappa shape index (κ3) is 1.86. The normalized spacial score (nSPS) is 9.00. The van der Waals surface area contributed by atoms with E-state index in [0.717, 1.165) is 12.1 Å². The highest BCUT2D eigenvalue weighted by Crippen LogP contribution is 2.21. The number of nitriles is 1. The highest BCUT2D eigenvalue weighted by molar-refractivity contribution is 5.88. The van der Waals surface area contributed by atoms with Gasteiger partial charge in [0, 0.05) is 11.6 Å². The van der Waals surface area contributed by atoms with Gasteiger partial charge in [0.25, 0.3) is 5.69 Å². The molecule has 74 valence electrons. The number of carbonyl (C=O) groups is 2. The average molecular weight is 204 g/mol. The highest BCUT2D eigenvalue weighted by Gasteiger charge is 2.17. The standard InChI is InChI=1S/C9H4N2O4/c10-3-6-2-9(11(14)15)8(5-13)1-7(6)4-12/h1-2,4-5H. The highest BCUT2D eigenvalue weighted by atomic mass is 16.6. The van der Waals surface area contributed by atoms with Crippen LogP contribution in [0.2, 0.25) is 0 Å². The van der Waals surface area contributed by atoms with E-state index in [1.165, 1.54) is 0 Å². The zero-order chi connectivity index (χ0) is 11.4. The Morgan fingerprint density at radius 1 is 1.27 bits per heavy atom. The van der Waals surface area contributed by atoms with Crippen molar-refractivity contribution in [2.24, 2.45) is 0 Å². The number of aldehydes is 2. The summed E-state index contributed by atoms with van der Waals surface area (Å²) < 4.78 is 0. The summed E-state index contributed by atoms with van der Waals surface area (Å²) in [6.45, 7) is 0. The molecular formula is C9H4N2O4. The maximum Gasteiger partial charge on any atom is 0.281 e. The smallest absolute Gasteiger partial charge is 0.281 e. The fourth-order valence-corrected chi connectivity index (χ4v) is 1.07. The summed E-state index contributed by atoms with van der Waals surface area (Å²) in [7, 11) is 0. The maximum atomic E-state index is 10.5. The zero-order valence-electron chi connectivity index (χ0n) is 7.34. The summed E-state index contributed by atoms with van der Waals surface area (Å²) in [6, 6.07) is 3.58. The van der Waals surface area contributed by atoms with Crippen LogP contribution in [0.3, 0.4) is 0 Å². The van der Waals surface area contributed by atoms with Crippen molar-refractivity contribution < 1.29 is 14.5 Å². The van der Waals surface area contributed by atoms with Gasteiger partial charge in [0.15, 0.2) is 12.6 Å². The molecule has 0 aromatic heterocycles. The Bertz CT molecular complexity index is 488. The van der Waals surface area contributed by atoms with Gasteiger partial charge in [-0.3, -0.25) is 19.7 Å². The second kappa shape index (κ2) is 4.11. The molecule has 0 aliphatic rings. The molecule has 15 heavy (non-hydrogen) atoms. The number of carbonyl (C=O) groups excluding carboxylic acids is 2. The molecule has 0 amide bonds. The Balaban J connectivity index is 3.56. The van der Waals surface area contributed by atoms with Crippen LogP contribution in [0.15, 0.2) is 12.1 Å². The molecule has 0 fully saturated rings. The van der Waals surface area contributed by atoms with Crippen LogP contribution in [-0.4, -0.2) is 17.5 Å². The zero-order valence-corrected chi connectivity index (χ0v) is 7.34. The van der Waals surface area contributed by atoms with Crippen LogP contribution in [0.5, 0.6) is 0 Å². The fraction of sp³-hybridized carbons (Fsp3) is 0. The molecule has 1 rings (SSSR count). The third-order valence-corrected chi connectivity index (χ3v) is 1.77. The van der Waals surface area contributed by atoms with Crippen LogP contribution in [0.25, 0.3) is 0 Å². The lowest BCUT2D eigenvalue weighted by Crippen LogP contribution is -1.98. The van der Waals surface area contributed by atoms with E-state index in [1.807, 2.05) is 0 Å². The second-order valence-corrected chi connectivity index (χ2v) is 2.60. The SMILES string of the molecule is N#Cc1cc([N+](=O)[O-])c(C=O)cc1C=O. The van der Waals surface area contributed by atoms with E-state index in [9.17, 15) is 19.7 Å². The molecule has 0 aliphatic heterocycles. The third-order valence-electron chi connectivity index (χ3n) is 1.77. The molecule has 0 saturated carbocycles. The van der Waals surface area contributed by atoms with Crippen LogP contribution in [-0.2, 0) is 0 Å². The second-order valence-electron chi connectivity index (χ2n) is 2.60. The number of nitrogens with zero attached hydrogens (tertiary/aromatic N) is 2. The number of benzene rings is 1. The van der Waals surface area contributed by atoms with Crippen molar-refractivity contribution in [1.29, 1.82) is 5.26 Å². The largest absolute Gasteiger partial charge is 0.298 e. The maximum absolute atomic E-state index is 10.5. The molecule has 0 aliphatic carbocycles. The Labute approximate surface area is 83.9 Å². The number of rotatable bonds is 3. The Kier molecular flexibility index (Phi) is 2.88. The summed E-state index contributed by atoms with van der Waals surface area (Å²) >= 11 is 0. The van der Waals surface area contributed by atoms with Crippen LogP contribution in [0.1, 0.15) is 26.3 Å². The van der Waals surface area contributed by atoms with E-state index in [1.54, 1.807) is 6.07 Å². The topological polar surface area (TPSA) is 101 Å². The summed E-state index contributed by atoms with van der Waals surface area (Å²) in [5, 5.41) is 19.1. The molecule has 0 radical (unpaired) electrons. The van der Waals surface area contributed by atoms with Gasteiger partial charge in [-0.15, -0.1) is 0 Å². The van der Waals surface area contributed by atoms with Crippen LogP contribution >= 0.6 is 0 Å². The van der Waals surface area contributed by atoms with Crippen molar-refractivity contribution in [1.82, 2.24) is 0 Å². The summed E-state index contributed by atoms with van der Waals surface area (Å²) in [4.78, 5) is 30.7. The molecule has 1 aromatic rings. The van der Waals surface area contributed by atoms with Crippen LogP contribution < -0.4 is 0 Å². The van der Waals surface area contributed by atoms with Crippen molar-refractivity contribution in [3.63, 3.8) is 0 Å². The number of hydrogen-bond acceptors (Lipinski definition) is 5.